The quantitative estimate of drug-likeness (QED) is 0.800. The van der Waals surface area contributed by atoms with E-state index in [2.05, 4.69) is 26.2 Å². The maximum atomic E-state index is 8.63. The molecule has 17 heavy (non-hydrogen) atoms. The van der Waals surface area contributed by atoms with Crippen molar-refractivity contribution in [3.8, 4) is 6.07 Å². The third kappa shape index (κ3) is 2.10. The number of hydrogen-bond acceptors (Lipinski definition) is 6. The van der Waals surface area contributed by atoms with Gasteiger partial charge in [-0.1, -0.05) is 0 Å². The second-order valence-corrected chi connectivity index (χ2v) is 3.53. The number of nitriles is 1. The minimum absolute atomic E-state index is 0.201. The van der Waals surface area contributed by atoms with E-state index in [0.717, 1.165) is 17.7 Å². The van der Waals surface area contributed by atoms with Crippen LogP contribution in [0.1, 0.15) is 13.3 Å². The molecule has 7 heteroatoms. The van der Waals surface area contributed by atoms with Crippen molar-refractivity contribution in [3.05, 3.63) is 6.20 Å². The molecule has 0 bridgehead atoms. The maximum Gasteiger partial charge on any atom is 0.224 e. The van der Waals surface area contributed by atoms with Crippen LogP contribution in [-0.2, 0) is 0 Å². The van der Waals surface area contributed by atoms with Crippen molar-refractivity contribution in [2.75, 3.05) is 23.7 Å². The van der Waals surface area contributed by atoms with Crippen LogP contribution in [0.3, 0.4) is 0 Å². The summed E-state index contributed by atoms with van der Waals surface area (Å²) >= 11 is 0. The average Bonchev–Trinajstić information content (AvgIpc) is 2.77. The molecule has 2 heterocycles. The average molecular weight is 231 g/mol. The van der Waals surface area contributed by atoms with E-state index in [1.54, 1.807) is 6.20 Å². The Labute approximate surface area is 98.3 Å². The molecule has 0 radical (unpaired) electrons. The highest BCUT2D eigenvalue weighted by molar-refractivity contribution is 5.87. The predicted molar refractivity (Wildman–Crippen MR) is 64.2 cm³/mol. The monoisotopic (exact) mass is 231 g/mol. The van der Waals surface area contributed by atoms with Gasteiger partial charge < -0.3 is 10.6 Å². The lowest BCUT2D eigenvalue weighted by Gasteiger charge is -2.21. The SMILES string of the molecule is CCN(CCC#N)c1nc(N)nc2[nH]ncc12. The molecule has 0 aliphatic heterocycles. The molecule has 0 saturated carbocycles. The zero-order valence-corrected chi connectivity index (χ0v) is 9.51. The Hall–Kier alpha value is -2.36. The number of nitrogens with two attached hydrogens (primary N) is 1. The lowest BCUT2D eigenvalue weighted by Crippen LogP contribution is -2.25. The summed E-state index contributed by atoms with van der Waals surface area (Å²) in [5.74, 6) is 0.922. The van der Waals surface area contributed by atoms with E-state index in [-0.39, 0.29) is 5.95 Å². The molecule has 7 nitrogen and oxygen atoms in total. The van der Waals surface area contributed by atoms with Gasteiger partial charge in [0.05, 0.1) is 24.1 Å². The Morgan fingerprint density at radius 2 is 2.35 bits per heavy atom. The summed E-state index contributed by atoms with van der Waals surface area (Å²) in [6, 6.07) is 2.12. The van der Waals surface area contributed by atoms with Gasteiger partial charge in [-0.15, -0.1) is 0 Å². The smallest absolute Gasteiger partial charge is 0.224 e. The van der Waals surface area contributed by atoms with Crippen LogP contribution in [0.2, 0.25) is 0 Å². The van der Waals surface area contributed by atoms with Gasteiger partial charge in [-0.05, 0) is 6.92 Å². The molecule has 2 aromatic rings. The van der Waals surface area contributed by atoms with Crippen LogP contribution in [0.4, 0.5) is 11.8 Å². The number of anilines is 2. The fraction of sp³-hybridized carbons (Fsp3) is 0.400. The summed E-state index contributed by atoms with van der Waals surface area (Å²) in [5.41, 5.74) is 6.26. The standard InChI is InChI=1S/C10H13N7/c1-2-17(5-3-4-11)9-7-6-13-16-8(7)14-10(12)15-9/h6H,2-3,5H2,1H3,(H3,12,13,14,15,16). The first kappa shape index (κ1) is 11.1. The largest absolute Gasteiger partial charge is 0.368 e. The van der Waals surface area contributed by atoms with Crippen LogP contribution in [0, 0.1) is 11.3 Å². The lowest BCUT2D eigenvalue weighted by molar-refractivity contribution is 0.814. The Kier molecular flexibility index (Phi) is 3.05. The topological polar surface area (TPSA) is 108 Å². The first-order valence-corrected chi connectivity index (χ1v) is 5.34. The molecule has 0 spiro atoms. The van der Waals surface area contributed by atoms with Crippen LogP contribution < -0.4 is 10.6 Å². The van der Waals surface area contributed by atoms with Crippen LogP contribution in [0.15, 0.2) is 6.20 Å². The van der Waals surface area contributed by atoms with Gasteiger partial charge in [-0.3, -0.25) is 5.10 Å². The Balaban J connectivity index is 2.44. The third-order valence-corrected chi connectivity index (χ3v) is 2.48. The van der Waals surface area contributed by atoms with E-state index in [1.165, 1.54) is 0 Å². The number of fused-ring (bicyclic) bond motifs is 1. The van der Waals surface area contributed by atoms with Gasteiger partial charge in [0.15, 0.2) is 5.65 Å². The van der Waals surface area contributed by atoms with E-state index in [4.69, 9.17) is 11.0 Å². The molecule has 0 unspecified atom stereocenters. The molecule has 0 fully saturated rings. The second-order valence-electron chi connectivity index (χ2n) is 3.53. The minimum Gasteiger partial charge on any atom is -0.368 e. The summed E-state index contributed by atoms with van der Waals surface area (Å²) < 4.78 is 0. The van der Waals surface area contributed by atoms with E-state index in [0.29, 0.717) is 18.6 Å². The van der Waals surface area contributed by atoms with E-state index in [9.17, 15) is 0 Å². The van der Waals surface area contributed by atoms with Gasteiger partial charge in [0.25, 0.3) is 0 Å². The molecular weight excluding hydrogens is 218 g/mol. The van der Waals surface area contributed by atoms with Gasteiger partial charge in [-0.25, -0.2) is 0 Å². The molecule has 0 saturated heterocycles. The van der Waals surface area contributed by atoms with Crippen molar-refractivity contribution < 1.29 is 0 Å². The summed E-state index contributed by atoms with van der Waals surface area (Å²) in [6.45, 7) is 3.36. The summed E-state index contributed by atoms with van der Waals surface area (Å²) in [6.07, 6.45) is 2.11. The van der Waals surface area contributed by atoms with E-state index >= 15 is 0 Å². The number of nitrogens with one attached hydrogen (secondary N) is 1. The zero-order valence-electron chi connectivity index (χ0n) is 9.51. The summed E-state index contributed by atoms with van der Waals surface area (Å²) in [4.78, 5) is 10.3. The van der Waals surface area contributed by atoms with Crippen molar-refractivity contribution >= 4 is 22.8 Å². The van der Waals surface area contributed by atoms with Crippen LogP contribution in [0.25, 0.3) is 11.0 Å². The van der Waals surface area contributed by atoms with Crippen molar-refractivity contribution in [2.24, 2.45) is 0 Å². The molecule has 0 aliphatic rings. The van der Waals surface area contributed by atoms with Gasteiger partial charge >= 0.3 is 0 Å². The molecule has 88 valence electrons. The number of aromatic amines is 1. The number of nitrogen functional groups attached to an aromatic ring is 1. The Morgan fingerprint density at radius 3 is 3.06 bits per heavy atom. The Bertz CT molecular complexity index is 553. The first-order valence-electron chi connectivity index (χ1n) is 5.34. The Morgan fingerprint density at radius 1 is 1.53 bits per heavy atom. The van der Waals surface area contributed by atoms with E-state index in [1.807, 2.05) is 11.8 Å². The minimum atomic E-state index is 0.201. The molecule has 3 N–H and O–H groups in total. The van der Waals surface area contributed by atoms with Crippen LogP contribution in [-0.4, -0.2) is 33.3 Å². The summed E-state index contributed by atoms with van der Waals surface area (Å²) in [5, 5.41) is 16.1. The highest BCUT2D eigenvalue weighted by Gasteiger charge is 2.13. The first-order chi connectivity index (χ1) is 8.26. The van der Waals surface area contributed by atoms with Crippen molar-refractivity contribution in [3.63, 3.8) is 0 Å². The number of aromatic nitrogens is 4. The number of hydrogen-bond donors (Lipinski definition) is 2. The highest BCUT2D eigenvalue weighted by Crippen LogP contribution is 2.22. The van der Waals surface area contributed by atoms with Gasteiger partial charge in [-0.2, -0.15) is 20.3 Å². The van der Waals surface area contributed by atoms with Crippen molar-refractivity contribution in [1.29, 1.82) is 5.26 Å². The number of nitrogens with zero attached hydrogens (tertiary/aromatic N) is 5. The molecule has 0 aromatic carbocycles. The molecule has 2 aromatic heterocycles. The molecular formula is C10H13N7. The van der Waals surface area contributed by atoms with Crippen LogP contribution in [0.5, 0.6) is 0 Å². The second kappa shape index (κ2) is 4.65. The molecule has 0 atom stereocenters. The van der Waals surface area contributed by atoms with Gasteiger partial charge in [0.2, 0.25) is 5.95 Å². The molecule has 2 rings (SSSR count). The zero-order chi connectivity index (χ0) is 12.3. The lowest BCUT2D eigenvalue weighted by atomic mass is 10.3. The number of H-pyrrole nitrogens is 1. The fourth-order valence-corrected chi connectivity index (χ4v) is 1.68. The normalized spacial score (nSPS) is 10.4. The molecule has 0 amide bonds. The van der Waals surface area contributed by atoms with Crippen molar-refractivity contribution in [1.82, 2.24) is 20.2 Å². The third-order valence-electron chi connectivity index (χ3n) is 2.48. The van der Waals surface area contributed by atoms with Gasteiger partial charge in [0, 0.05) is 13.1 Å². The summed E-state index contributed by atoms with van der Waals surface area (Å²) in [7, 11) is 0. The number of rotatable bonds is 4. The maximum absolute atomic E-state index is 8.63. The van der Waals surface area contributed by atoms with Crippen molar-refractivity contribution in [2.45, 2.75) is 13.3 Å². The fourth-order valence-electron chi connectivity index (χ4n) is 1.68. The highest BCUT2D eigenvalue weighted by atomic mass is 15.2. The molecule has 0 aliphatic carbocycles. The predicted octanol–water partition coefficient (Wildman–Crippen LogP) is 0.675. The van der Waals surface area contributed by atoms with Gasteiger partial charge in [0.1, 0.15) is 5.82 Å². The van der Waals surface area contributed by atoms with Crippen LogP contribution >= 0.6 is 0 Å². The van der Waals surface area contributed by atoms with E-state index < -0.39 is 0 Å².